The van der Waals surface area contributed by atoms with Gasteiger partial charge in [0.1, 0.15) is 0 Å². The maximum atomic E-state index is 13.1. The van der Waals surface area contributed by atoms with Crippen LogP contribution in [0, 0.1) is 0 Å². The molecule has 146 valence electrons. The summed E-state index contributed by atoms with van der Waals surface area (Å²) in [5, 5.41) is 6.87. The highest BCUT2D eigenvalue weighted by Crippen LogP contribution is 2.32. The topological polar surface area (TPSA) is 71.0 Å². The number of para-hydroxylation sites is 1. The summed E-state index contributed by atoms with van der Waals surface area (Å²) in [4.78, 5) is 30.8. The summed E-state index contributed by atoms with van der Waals surface area (Å²) in [6, 6.07) is 13.5. The van der Waals surface area contributed by atoms with Crippen molar-refractivity contribution in [3.63, 3.8) is 0 Å². The van der Waals surface area contributed by atoms with E-state index >= 15 is 0 Å². The van der Waals surface area contributed by atoms with Crippen molar-refractivity contribution in [3.8, 4) is 0 Å². The third-order valence-corrected chi connectivity index (χ3v) is 6.32. The summed E-state index contributed by atoms with van der Waals surface area (Å²) in [7, 11) is 1.62. The molecule has 0 unspecified atom stereocenters. The zero-order valence-corrected chi connectivity index (χ0v) is 17.5. The minimum atomic E-state index is -0.149. The number of nitrogens with one attached hydrogen (secondary N) is 1. The molecule has 2 aromatic heterocycles. The zero-order chi connectivity index (χ0) is 20.1. The number of nitrogens with zero attached hydrogens (tertiary/aromatic N) is 3. The standard InChI is InChI=1S/C22H19BrN4O2/c1-26-22(29)15-6-3-2-5-13(15)19(25-26)11-20(28)27-10-9-18-16(12-27)14-7-4-8-17(23)21(14)24-18/h2-8,24H,9-12H2,1H3. The average Bonchev–Trinajstić information content (AvgIpc) is 3.11. The third kappa shape index (κ3) is 2.97. The molecule has 1 aliphatic heterocycles. The van der Waals surface area contributed by atoms with Crippen LogP contribution in [0.4, 0.5) is 0 Å². The van der Waals surface area contributed by atoms with Gasteiger partial charge in [-0.2, -0.15) is 5.10 Å². The van der Waals surface area contributed by atoms with Crippen molar-refractivity contribution >= 4 is 43.5 Å². The number of aromatic amines is 1. The number of hydrogen-bond acceptors (Lipinski definition) is 3. The summed E-state index contributed by atoms with van der Waals surface area (Å²) in [6.07, 6.45) is 0.972. The highest BCUT2D eigenvalue weighted by atomic mass is 79.9. The van der Waals surface area contributed by atoms with Crippen molar-refractivity contribution in [1.29, 1.82) is 0 Å². The van der Waals surface area contributed by atoms with Crippen LogP contribution in [0.1, 0.15) is 17.0 Å². The largest absolute Gasteiger partial charge is 0.357 e. The van der Waals surface area contributed by atoms with Crippen molar-refractivity contribution in [2.75, 3.05) is 6.54 Å². The maximum absolute atomic E-state index is 13.1. The first-order chi connectivity index (χ1) is 14.0. The predicted molar refractivity (Wildman–Crippen MR) is 116 cm³/mol. The van der Waals surface area contributed by atoms with Gasteiger partial charge in [-0.15, -0.1) is 0 Å². The van der Waals surface area contributed by atoms with Gasteiger partial charge in [0.05, 0.1) is 23.0 Å². The Morgan fingerprint density at radius 2 is 1.90 bits per heavy atom. The second-order valence-electron chi connectivity index (χ2n) is 7.41. The van der Waals surface area contributed by atoms with E-state index in [0.29, 0.717) is 24.2 Å². The summed E-state index contributed by atoms with van der Waals surface area (Å²) in [6.45, 7) is 1.24. The van der Waals surface area contributed by atoms with Gasteiger partial charge in [0.25, 0.3) is 5.56 Å². The number of amides is 1. The second kappa shape index (κ2) is 6.84. The number of hydrogen-bond donors (Lipinski definition) is 1. The van der Waals surface area contributed by atoms with Gasteiger partial charge in [-0.1, -0.05) is 30.3 Å². The van der Waals surface area contributed by atoms with Crippen LogP contribution in [0.5, 0.6) is 0 Å². The van der Waals surface area contributed by atoms with E-state index in [2.05, 4.69) is 32.1 Å². The first kappa shape index (κ1) is 18.1. The van der Waals surface area contributed by atoms with Crippen LogP contribution >= 0.6 is 15.9 Å². The van der Waals surface area contributed by atoms with E-state index in [1.165, 1.54) is 15.9 Å². The van der Waals surface area contributed by atoms with Crippen molar-refractivity contribution in [1.82, 2.24) is 19.7 Å². The van der Waals surface area contributed by atoms with Crippen LogP contribution < -0.4 is 5.56 Å². The summed E-state index contributed by atoms with van der Waals surface area (Å²) in [5.74, 6) is 0.0244. The van der Waals surface area contributed by atoms with Gasteiger partial charge in [-0.05, 0) is 28.1 Å². The number of carbonyl (C=O) groups is 1. The molecule has 3 heterocycles. The molecule has 5 rings (SSSR count). The smallest absolute Gasteiger partial charge is 0.274 e. The molecule has 0 radical (unpaired) electrons. The molecular weight excluding hydrogens is 432 g/mol. The fourth-order valence-electron chi connectivity index (χ4n) is 4.18. The van der Waals surface area contributed by atoms with Crippen LogP contribution in [-0.2, 0) is 31.2 Å². The molecule has 0 atom stereocenters. The van der Waals surface area contributed by atoms with Crippen LogP contribution in [0.3, 0.4) is 0 Å². The van der Waals surface area contributed by atoms with Crippen LogP contribution in [0.15, 0.2) is 51.7 Å². The second-order valence-corrected chi connectivity index (χ2v) is 8.26. The lowest BCUT2D eigenvalue weighted by atomic mass is 10.0. The highest BCUT2D eigenvalue weighted by Gasteiger charge is 2.25. The van der Waals surface area contributed by atoms with Crippen molar-refractivity contribution in [2.24, 2.45) is 7.05 Å². The minimum absolute atomic E-state index is 0.0244. The number of fused-ring (bicyclic) bond motifs is 4. The third-order valence-electron chi connectivity index (χ3n) is 5.66. The molecule has 29 heavy (non-hydrogen) atoms. The number of aryl methyl sites for hydroxylation is 1. The molecule has 7 heteroatoms. The highest BCUT2D eigenvalue weighted by molar-refractivity contribution is 9.10. The van der Waals surface area contributed by atoms with Crippen LogP contribution in [-0.4, -0.2) is 32.1 Å². The Morgan fingerprint density at radius 1 is 1.14 bits per heavy atom. The molecule has 1 aliphatic rings. The van der Waals surface area contributed by atoms with Gasteiger partial charge in [-0.25, -0.2) is 4.68 Å². The number of halogens is 1. The Bertz CT molecular complexity index is 1340. The molecule has 0 spiro atoms. The maximum Gasteiger partial charge on any atom is 0.274 e. The zero-order valence-electron chi connectivity index (χ0n) is 15.9. The van der Waals surface area contributed by atoms with E-state index < -0.39 is 0 Å². The first-order valence-electron chi connectivity index (χ1n) is 9.53. The number of H-pyrrole nitrogens is 1. The molecule has 0 aliphatic carbocycles. The number of carbonyl (C=O) groups excluding carboxylic acids is 1. The van der Waals surface area contributed by atoms with Gasteiger partial charge < -0.3 is 9.88 Å². The van der Waals surface area contributed by atoms with E-state index in [9.17, 15) is 9.59 Å². The van der Waals surface area contributed by atoms with Gasteiger partial charge in [0.2, 0.25) is 5.91 Å². The monoisotopic (exact) mass is 450 g/mol. The Labute approximate surface area is 175 Å². The Balaban J connectivity index is 1.47. The van der Waals surface area contributed by atoms with Gasteiger partial charge >= 0.3 is 0 Å². The molecule has 4 aromatic rings. The van der Waals surface area contributed by atoms with Gasteiger partial charge in [0.15, 0.2) is 0 Å². The quantitative estimate of drug-likeness (QED) is 0.509. The summed E-state index contributed by atoms with van der Waals surface area (Å²) >= 11 is 3.60. The fourth-order valence-corrected chi connectivity index (χ4v) is 4.64. The van der Waals surface area contributed by atoms with E-state index in [0.717, 1.165) is 27.2 Å². The summed E-state index contributed by atoms with van der Waals surface area (Å²) in [5.41, 5.74) is 3.95. The van der Waals surface area contributed by atoms with Crippen molar-refractivity contribution in [3.05, 3.63) is 74.2 Å². The lowest BCUT2D eigenvalue weighted by Crippen LogP contribution is -2.37. The van der Waals surface area contributed by atoms with Gasteiger partial charge in [-0.3, -0.25) is 9.59 Å². The predicted octanol–water partition coefficient (Wildman–Crippen LogP) is 3.30. The minimum Gasteiger partial charge on any atom is -0.357 e. The Hall–Kier alpha value is -2.93. The summed E-state index contributed by atoms with van der Waals surface area (Å²) < 4.78 is 2.35. The molecule has 0 saturated carbocycles. The van der Waals surface area contributed by atoms with Crippen molar-refractivity contribution < 1.29 is 4.79 Å². The average molecular weight is 451 g/mol. The molecule has 6 nitrogen and oxygen atoms in total. The first-order valence-corrected chi connectivity index (χ1v) is 10.3. The Morgan fingerprint density at radius 3 is 2.72 bits per heavy atom. The Kier molecular flexibility index (Phi) is 4.28. The lowest BCUT2D eigenvalue weighted by Gasteiger charge is -2.27. The molecule has 2 aromatic carbocycles. The molecule has 1 amide bonds. The molecule has 1 N–H and O–H groups in total. The van der Waals surface area contributed by atoms with Gasteiger partial charge in [0, 0.05) is 53.1 Å². The molecule has 0 fully saturated rings. The number of aromatic nitrogens is 3. The van der Waals surface area contributed by atoms with E-state index in [1.807, 2.05) is 35.2 Å². The number of rotatable bonds is 2. The SMILES string of the molecule is Cn1nc(CC(=O)N2CCc3[nH]c4c(Br)cccc4c3C2)c2ccccc2c1=O. The number of benzene rings is 2. The van der Waals surface area contributed by atoms with E-state index in [-0.39, 0.29) is 17.9 Å². The van der Waals surface area contributed by atoms with Crippen LogP contribution in [0.25, 0.3) is 21.7 Å². The fraction of sp³-hybridized carbons (Fsp3) is 0.227. The van der Waals surface area contributed by atoms with E-state index in [1.54, 1.807) is 13.1 Å². The van der Waals surface area contributed by atoms with Crippen LogP contribution in [0.2, 0.25) is 0 Å². The molecular formula is C22H19BrN4O2. The normalized spacial score (nSPS) is 13.8. The van der Waals surface area contributed by atoms with E-state index in [4.69, 9.17) is 0 Å². The molecule has 0 saturated heterocycles. The molecule has 0 bridgehead atoms. The lowest BCUT2D eigenvalue weighted by molar-refractivity contribution is -0.131. The van der Waals surface area contributed by atoms with Crippen molar-refractivity contribution in [2.45, 2.75) is 19.4 Å².